The van der Waals surface area contributed by atoms with Crippen LogP contribution in [0, 0.1) is 0 Å². The fraction of sp³-hybridized carbons (Fsp3) is 0.214. The monoisotopic (exact) mass is 484 g/mol. The van der Waals surface area contributed by atoms with Gasteiger partial charge in [-0.05, 0) is 60.2 Å². The van der Waals surface area contributed by atoms with Crippen molar-refractivity contribution < 1.29 is 0 Å². The highest BCUT2D eigenvalue weighted by molar-refractivity contribution is 7.80. The molecule has 0 saturated heterocycles. The predicted octanol–water partition coefficient (Wildman–Crippen LogP) is 6.58. The van der Waals surface area contributed by atoms with E-state index in [2.05, 4.69) is 106 Å². The Kier molecular flexibility index (Phi) is 6.88. The second kappa shape index (κ2) is 10.4. The van der Waals surface area contributed by atoms with Gasteiger partial charge in [-0.25, -0.2) is 0 Å². The van der Waals surface area contributed by atoms with Crippen LogP contribution in [0.15, 0.2) is 84.9 Å². The normalized spacial score (nSPS) is 17.8. The minimum absolute atomic E-state index is 0.205. The molecule has 4 N–H and O–H groups in total. The average Bonchev–Trinajstić information content (AvgIpc) is 2.86. The van der Waals surface area contributed by atoms with Crippen molar-refractivity contribution in [3.63, 3.8) is 0 Å². The van der Waals surface area contributed by atoms with E-state index in [1.807, 2.05) is 0 Å². The smallest absolute Gasteiger partial charge is 0.171 e. The third kappa shape index (κ3) is 5.13. The van der Waals surface area contributed by atoms with E-state index in [4.69, 9.17) is 24.4 Å². The van der Waals surface area contributed by atoms with E-state index in [0.29, 0.717) is 10.2 Å². The first-order chi connectivity index (χ1) is 16.7. The van der Waals surface area contributed by atoms with Crippen LogP contribution < -0.4 is 21.3 Å². The van der Waals surface area contributed by atoms with Crippen molar-refractivity contribution >= 4 is 67.6 Å². The molecule has 0 amide bonds. The molecule has 0 spiro atoms. The van der Waals surface area contributed by atoms with E-state index in [1.54, 1.807) is 0 Å². The van der Waals surface area contributed by atoms with Gasteiger partial charge in [0.25, 0.3) is 0 Å². The lowest BCUT2D eigenvalue weighted by Gasteiger charge is -2.34. The van der Waals surface area contributed by atoms with Crippen LogP contribution in [-0.2, 0) is 0 Å². The molecule has 4 nitrogen and oxygen atoms in total. The minimum atomic E-state index is 0.205. The van der Waals surface area contributed by atoms with E-state index in [-0.39, 0.29) is 12.1 Å². The molecule has 1 saturated carbocycles. The van der Waals surface area contributed by atoms with Crippen molar-refractivity contribution in [2.24, 2.45) is 0 Å². The lowest BCUT2D eigenvalue weighted by Crippen LogP contribution is -2.54. The molecule has 2 atom stereocenters. The van der Waals surface area contributed by atoms with E-state index >= 15 is 0 Å². The summed E-state index contributed by atoms with van der Waals surface area (Å²) in [7, 11) is 0. The van der Waals surface area contributed by atoms with Gasteiger partial charge in [0.05, 0.1) is 0 Å². The van der Waals surface area contributed by atoms with Crippen LogP contribution in [0.3, 0.4) is 0 Å². The summed E-state index contributed by atoms with van der Waals surface area (Å²) in [5.74, 6) is 0. The summed E-state index contributed by atoms with van der Waals surface area (Å²) in [5, 5.41) is 19.9. The lowest BCUT2D eigenvalue weighted by atomic mass is 9.90. The van der Waals surface area contributed by atoms with Gasteiger partial charge in [-0.15, -0.1) is 0 Å². The zero-order chi connectivity index (χ0) is 23.3. The molecule has 0 aliphatic heterocycles. The van der Waals surface area contributed by atoms with Crippen molar-refractivity contribution in [3.05, 3.63) is 84.9 Å². The third-order valence-electron chi connectivity index (χ3n) is 6.47. The molecular weight excluding hydrogens is 456 g/mol. The van der Waals surface area contributed by atoms with Gasteiger partial charge in [-0.1, -0.05) is 85.6 Å². The Hall–Kier alpha value is -3.22. The van der Waals surface area contributed by atoms with Gasteiger partial charge in [0.15, 0.2) is 10.2 Å². The summed E-state index contributed by atoms with van der Waals surface area (Å²) < 4.78 is 0. The van der Waals surface area contributed by atoms with Crippen LogP contribution in [0.5, 0.6) is 0 Å². The molecule has 0 unspecified atom stereocenters. The fourth-order valence-electron chi connectivity index (χ4n) is 4.80. The Morgan fingerprint density at radius 2 is 0.971 bits per heavy atom. The Morgan fingerprint density at radius 3 is 1.44 bits per heavy atom. The Morgan fingerprint density at radius 1 is 0.559 bits per heavy atom. The van der Waals surface area contributed by atoms with Crippen LogP contribution in [0.1, 0.15) is 25.7 Å². The highest BCUT2D eigenvalue weighted by Gasteiger charge is 2.26. The molecule has 5 rings (SSSR count). The number of hydrogen-bond donors (Lipinski definition) is 4. The number of nitrogens with one attached hydrogen (secondary N) is 4. The van der Waals surface area contributed by atoms with Crippen LogP contribution in [-0.4, -0.2) is 22.3 Å². The molecule has 0 aromatic heterocycles. The summed E-state index contributed by atoms with van der Waals surface area (Å²) >= 11 is 11.4. The number of anilines is 2. The maximum absolute atomic E-state index is 5.71. The van der Waals surface area contributed by atoms with Crippen molar-refractivity contribution in [1.29, 1.82) is 0 Å². The highest BCUT2D eigenvalue weighted by atomic mass is 32.1. The van der Waals surface area contributed by atoms with E-state index < -0.39 is 0 Å². The van der Waals surface area contributed by atoms with Crippen molar-refractivity contribution in [1.82, 2.24) is 10.6 Å². The maximum atomic E-state index is 5.71. The number of benzene rings is 4. The van der Waals surface area contributed by atoms with Gasteiger partial charge >= 0.3 is 0 Å². The molecule has 6 heteroatoms. The van der Waals surface area contributed by atoms with Crippen LogP contribution in [0.2, 0.25) is 0 Å². The Labute approximate surface area is 211 Å². The lowest BCUT2D eigenvalue weighted by molar-refractivity contribution is 0.340. The molecule has 4 aromatic rings. The van der Waals surface area contributed by atoms with Gasteiger partial charge in [0.1, 0.15) is 0 Å². The summed E-state index contributed by atoms with van der Waals surface area (Å²) in [6.45, 7) is 0. The van der Waals surface area contributed by atoms with Crippen molar-refractivity contribution in [2.45, 2.75) is 37.8 Å². The summed E-state index contributed by atoms with van der Waals surface area (Å²) in [5.41, 5.74) is 2.04. The summed E-state index contributed by atoms with van der Waals surface area (Å²) in [6, 6.07) is 29.5. The molecule has 0 radical (unpaired) electrons. The van der Waals surface area contributed by atoms with Crippen LogP contribution >= 0.6 is 24.4 Å². The number of rotatable bonds is 4. The summed E-state index contributed by atoms with van der Waals surface area (Å²) in [4.78, 5) is 0. The fourth-order valence-corrected chi connectivity index (χ4v) is 5.32. The molecule has 1 aliphatic carbocycles. The number of thiocarbonyl (C=S) groups is 2. The predicted molar refractivity (Wildman–Crippen MR) is 153 cm³/mol. The second-order valence-electron chi connectivity index (χ2n) is 8.75. The molecule has 0 bridgehead atoms. The number of hydrogen-bond acceptors (Lipinski definition) is 2. The van der Waals surface area contributed by atoms with Crippen LogP contribution in [0.25, 0.3) is 21.5 Å². The zero-order valence-electron chi connectivity index (χ0n) is 18.9. The van der Waals surface area contributed by atoms with Gasteiger partial charge in [-0.2, -0.15) is 0 Å². The van der Waals surface area contributed by atoms with E-state index in [0.717, 1.165) is 35.0 Å². The highest BCUT2D eigenvalue weighted by Crippen LogP contribution is 2.25. The molecule has 0 heterocycles. The molecule has 1 fully saturated rings. The average molecular weight is 485 g/mol. The summed E-state index contributed by atoms with van der Waals surface area (Å²) in [6.07, 6.45) is 4.45. The largest absolute Gasteiger partial charge is 0.358 e. The van der Waals surface area contributed by atoms with Crippen molar-refractivity contribution in [2.75, 3.05) is 10.6 Å². The molecular formula is C28H28N4S2. The standard InChI is InChI=1S/C28H28N4S2/c33-27(29-23-17-7-11-19-9-1-3-13-21(19)23)31-25-15-5-6-16-26(25)32-28(34)30-24-18-8-12-20-10-2-4-14-22(20)24/h1-4,7-14,17-18,25-26H,5-6,15-16H2,(H2,29,31,33)(H2,30,32,34)/t25-,26-/m1/s1. The quantitative estimate of drug-likeness (QED) is 0.246. The van der Waals surface area contributed by atoms with Gasteiger partial charge in [0.2, 0.25) is 0 Å². The molecule has 4 aromatic carbocycles. The molecule has 172 valence electrons. The topological polar surface area (TPSA) is 48.1 Å². The minimum Gasteiger partial charge on any atom is -0.358 e. The number of fused-ring (bicyclic) bond motifs is 2. The first-order valence-corrected chi connectivity index (χ1v) is 12.6. The second-order valence-corrected chi connectivity index (χ2v) is 9.56. The van der Waals surface area contributed by atoms with Gasteiger partial charge in [-0.3, -0.25) is 0 Å². The third-order valence-corrected chi connectivity index (χ3v) is 6.91. The first-order valence-electron chi connectivity index (χ1n) is 11.8. The zero-order valence-corrected chi connectivity index (χ0v) is 20.5. The first kappa shape index (κ1) is 22.6. The van der Waals surface area contributed by atoms with E-state index in [1.165, 1.54) is 23.6 Å². The Balaban J connectivity index is 1.24. The van der Waals surface area contributed by atoms with Crippen molar-refractivity contribution in [3.8, 4) is 0 Å². The maximum Gasteiger partial charge on any atom is 0.171 e. The molecule has 34 heavy (non-hydrogen) atoms. The van der Waals surface area contributed by atoms with Gasteiger partial charge in [0, 0.05) is 34.2 Å². The molecule has 1 aliphatic rings. The van der Waals surface area contributed by atoms with Crippen LogP contribution in [0.4, 0.5) is 11.4 Å². The van der Waals surface area contributed by atoms with E-state index in [9.17, 15) is 0 Å². The SMILES string of the molecule is S=C(Nc1cccc2ccccc12)N[C@@H]1CCCC[C@H]1NC(=S)Nc1cccc2ccccc12. The Bertz CT molecular complexity index is 1220. The van der Waals surface area contributed by atoms with Gasteiger partial charge < -0.3 is 21.3 Å².